The molecule has 1 rings (SSSR count). The van der Waals surface area contributed by atoms with Crippen LogP contribution in [0.2, 0.25) is 0 Å². The molecule has 9 nitrogen and oxygen atoms in total. The number of nitrogens with one attached hydrogen (secondary N) is 1. The lowest BCUT2D eigenvalue weighted by Crippen LogP contribution is -2.60. The van der Waals surface area contributed by atoms with Crippen LogP contribution in [0.3, 0.4) is 0 Å². The first-order chi connectivity index (χ1) is 34.3. The summed E-state index contributed by atoms with van der Waals surface area (Å²) < 4.78 is 11.2. The van der Waals surface area contributed by atoms with Crippen molar-refractivity contribution >= 4 is 5.91 Å². The van der Waals surface area contributed by atoms with Crippen molar-refractivity contribution in [1.29, 1.82) is 0 Å². The topological polar surface area (TPSA) is 149 Å². The molecule has 0 aliphatic carbocycles. The van der Waals surface area contributed by atoms with E-state index in [4.69, 9.17) is 9.47 Å². The number of rotatable bonds is 50. The summed E-state index contributed by atoms with van der Waals surface area (Å²) in [6.07, 6.45) is 61.6. The highest BCUT2D eigenvalue weighted by molar-refractivity contribution is 5.76. The molecule has 1 amide bonds. The molecule has 0 aromatic heterocycles. The minimum atomic E-state index is -1.58. The van der Waals surface area contributed by atoms with Crippen molar-refractivity contribution in [2.75, 3.05) is 13.2 Å². The van der Waals surface area contributed by atoms with Crippen LogP contribution in [-0.4, -0.2) is 87.5 Å². The maximum Gasteiger partial charge on any atom is 0.220 e. The molecule has 1 saturated heterocycles. The standard InChI is InChI=1S/C61H111NO8/c1-3-5-7-9-11-13-15-17-19-21-22-23-24-25-26-27-28-29-30-31-32-33-34-35-37-39-41-43-45-47-49-51-57(65)62-54(53-69-61-60(68)59(67)58(66)56(52-63)70-61)55(64)50-48-46-44-42-40-38-36-20-18-16-14-12-10-8-6-4-2/h15,17-18,20-22,40,42,48,50,54-56,58-61,63-64,66-68H,3-14,16,19,23-39,41,43-47,49,51-53H2,1-2H3,(H,62,65)/b17-15-,20-18+,22-21-,42-40+,50-48+. The molecule has 0 aromatic rings. The Bertz CT molecular complexity index is 1280. The summed E-state index contributed by atoms with van der Waals surface area (Å²) in [5.74, 6) is -0.189. The van der Waals surface area contributed by atoms with Gasteiger partial charge in [-0.05, 0) is 77.0 Å². The molecule has 0 aromatic carbocycles. The molecular formula is C61H111NO8. The second-order valence-electron chi connectivity index (χ2n) is 20.4. The molecule has 1 aliphatic heterocycles. The van der Waals surface area contributed by atoms with Gasteiger partial charge in [-0.1, -0.05) is 242 Å². The van der Waals surface area contributed by atoms with Crippen LogP contribution in [0.5, 0.6) is 0 Å². The molecule has 0 saturated carbocycles. The maximum atomic E-state index is 13.0. The van der Waals surface area contributed by atoms with Gasteiger partial charge in [-0.3, -0.25) is 4.79 Å². The predicted molar refractivity (Wildman–Crippen MR) is 295 cm³/mol. The van der Waals surface area contributed by atoms with E-state index in [1.807, 2.05) is 6.08 Å². The second-order valence-corrected chi connectivity index (χ2v) is 20.4. The van der Waals surface area contributed by atoms with E-state index in [-0.39, 0.29) is 12.5 Å². The maximum absolute atomic E-state index is 13.0. The number of carbonyl (C=O) groups is 1. The third kappa shape index (κ3) is 39.4. The zero-order valence-electron chi connectivity index (χ0n) is 45.3. The van der Waals surface area contributed by atoms with Crippen molar-refractivity contribution in [3.05, 3.63) is 60.8 Å². The Morgan fingerprint density at radius 2 is 0.857 bits per heavy atom. The van der Waals surface area contributed by atoms with Crippen molar-refractivity contribution in [1.82, 2.24) is 5.32 Å². The lowest BCUT2D eigenvalue weighted by molar-refractivity contribution is -0.302. The highest BCUT2D eigenvalue weighted by Gasteiger charge is 2.44. The van der Waals surface area contributed by atoms with Crippen molar-refractivity contribution in [2.45, 2.75) is 307 Å². The van der Waals surface area contributed by atoms with Gasteiger partial charge in [0.15, 0.2) is 6.29 Å². The minimum absolute atomic E-state index is 0.189. The third-order valence-corrected chi connectivity index (χ3v) is 13.8. The molecule has 408 valence electrons. The monoisotopic (exact) mass is 986 g/mol. The third-order valence-electron chi connectivity index (χ3n) is 13.8. The van der Waals surface area contributed by atoms with E-state index >= 15 is 0 Å². The fraction of sp³-hybridized carbons (Fsp3) is 0.820. The van der Waals surface area contributed by atoms with Gasteiger partial charge >= 0.3 is 0 Å². The second kappa shape index (κ2) is 50.4. The summed E-state index contributed by atoms with van der Waals surface area (Å²) in [6.45, 7) is 3.75. The van der Waals surface area contributed by atoms with Gasteiger partial charge in [-0.2, -0.15) is 0 Å². The summed E-state index contributed by atoms with van der Waals surface area (Å²) in [4.78, 5) is 13.0. The van der Waals surface area contributed by atoms with E-state index in [2.05, 4.69) is 67.8 Å². The van der Waals surface area contributed by atoms with Crippen molar-refractivity contribution < 1.29 is 39.8 Å². The quantitative estimate of drug-likeness (QED) is 0.0261. The first kappa shape index (κ1) is 65.9. The smallest absolute Gasteiger partial charge is 0.220 e. The SMILES string of the molecule is CCCCCCC/C=C\C/C=C\CCCCCCCCCCCCCCCCCCCCCC(=O)NC(COC1OC(CO)C(O)C(O)C1O)C(O)/C=C/CC/C=C/CC/C=C/CCCCCCCC. The number of aliphatic hydroxyl groups is 5. The number of carbonyl (C=O) groups excluding carboxylic acids is 1. The zero-order chi connectivity index (χ0) is 50.8. The number of hydrogen-bond donors (Lipinski definition) is 6. The highest BCUT2D eigenvalue weighted by Crippen LogP contribution is 2.23. The van der Waals surface area contributed by atoms with Crippen molar-refractivity contribution in [3.8, 4) is 0 Å². The molecule has 7 atom stereocenters. The summed E-state index contributed by atoms with van der Waals surface area (Å²) in [5, 5.41) is 54.4. The number of hydrogen-bond acceptors (Lipinski definition) is 8. The summed E-state index contributed by atoms with van der Waals surface area (Å²) in [5.41, 5.74) is 0. The summed E-state index contributed by atoms with van der Waals surface area (Å²) >= 11 is 0. The number of allylic oxidation sites excluding steroid dienone is 9. The van der Waals surface area contributed by atoms with Gasteiger partial charge in [0.05, 0.1) is 25.4 Å². The molecule has 1 fully saturated rings. The number of unbranched alkanes of at least 4 members (excludes halogenated alkanes) is 32. The van der Waals surface area contributed by atoms with Crippen LogP contribution in [0.15, 0.2) is 60.8 Å². The lowest BCUT2D eigenvalue weighted by Gasteiger charge is -2.40. The van der Waals surface area contributed by atoms with Crippen LogP contribution in [0.1, 0.15) is 264 Å². The van der Waals surface area contributed by atoms with Crippen LogP contribution >= 0.6 is 0 Å². The fourth-order valence-corrected chi connectivity index (χ4v) is 9.10. The van der Waals surface area contributed by atoms with Crippen LogP contribution in [0.4, 0.5) is 0 Å². The highest BCUT2D eigenvalue weighted by atomic mass is 16.7. The molecule has 70 heavy (non-hydrogen) atoms. The summed E-state index contributed by atoms with van der Waals surface area (Å²) in [7, 11) is 0. The summed E-state index contributed by atoms with van der Waals surface area (Å²) in [6, 6.07) is -0.828. The van der Waals surface area contributed by atoms with E-state index < -0.39 is 49.5 Å². The molecule has 1 aliphatic rings. The normalized spacial score (nSPS) is 19.8. The Morgan fingerprint density at radius 1 is 0.486 bits per heavy atom. The largest absolute Gasteiger partial charge is 0.394 e. The van der Waals surface area contributed by atoms with Gasteiger partial charge in [0.25, 0.3) is 0 Å². The molecule has 1 heterocycles. The number of amides is 1. The molecule has 0 spiro atoms. The Labute approximate surface area is 430 Å². The van der Waals surface area contributed by atoms with Gasteiger partial charge in [-0.25, -0.2) is 0 Å². The van der Waals surface area contributed by atoms with Gasteiger partial charge < -0.3 is 40.3 Å². The Balaban J connectivity index is 2.17. The zero-order valence-corrected chi connectivity index (χ0v) is 45.3. The molecule has 7 unspecified atom stereocenters. The van der Waals surface area contributed by atoms with E-state index in [0.29, 0.717) is 6.42 Å². The lowest BCUT2D eigenvalue weighted by atomic mass is 9.99. The number of ether oxygens (including phenoxy) is 2. The molecular weight excluding hydrogens is 875 g/mol. The predicted octanol–water partition coefficient (Wildman–Crippen LogP) is 14.7. The van der Waals surface area contributed by atoms with Gasteiger partial charge in [0.2, 0.25) is 5.91 Å². The number of aliphatic hydroxyl groups excluding tert-OH is 5. The molecule has 0 radical (unpaired) electrons. The van der Waals surface area contributed by atoms with Gasteiger partial charge in [-0.15, -0.1) is 0 Å². The first-order valence-corrected chi connectivity index (χ1v) is 29.5. The molecule has 9 heteroatoms. The van der Waals surface area contributed by atoms with Gasteiger partial charge in [0.1, 0.15) is 24.4 Å². The van der Waals surface area contributed by atoms with E-state index in [0.717, 1.165) is 57.8 Å². The van der Waals surface area contributed by atoms with E-state index in [1.54, 1.807) is 6.08 Å². The molecule has 6 N–H and O–H groups in total. The average Bonchev–Trinajstić information content (AvgIpc) is 3.36. The molecule has 0 bridgehead atoms. The Morgan fingerprint density at radius 3 is 1.29 bits per heavy atom. The van der Waals surface area contributed by atoms with Crippen LogP contribution in [0, 0.1) is 0 Å². The van der Waals surface area contributed by atoms with Gasteiger partial charge in [0, 0.05) is 6.42 Å². The Hall–Kier alpha value is -2.11. The fourth-order valence-electron chi connectivity index (χ4n) is 9.10. The first-order valence-electron chi connectivity index (χ1n) is 29.5. The van der Waals surface area contributed by atoms with E-state index in [1.165, 1.54) is 186 Å². The van der Waals surface area contributed by atoms with Crippen LogP contribution in [-0.2, 0) is 14.3 Å². The Kier molecular flexibility index (Phi) is 47.5. The minimum Gasteiger partial charge on any atom is -0.394 e. The average molecular weight is 987 g/mol. The van der Waals surface area contributed by atoms with Crippen LogP contribution < -0.4 is 5.32 Å². The van der Waals surface area contributed by atoms with Crippen molar-refractivity contribution in [2.24, 2.45) is 0 Å². The van der Waals surface area contributed by atoms with Crippen molar-refractivity contribution in [3.63, 3.8) is 0 Å². The van der Waals surface area contributed by atoms with Crippen LogP contribution in [0.25, 0.3) is 0 Å². The van der Waals surface area contributed by atoms with E-state index in [9.17, 15) is 30.3 Å².